The standard InChI is InChI=1S/C63H41NO/c1-4-20-43(21-5-1)48-29-15-17-36-58(48)64(46-38-39-51-50-30-14-16-35-56(50)63(57(51)40-46,44-24-6-2-7-25-44)45-26-8-3-9-27-45)59-41-55-61-53(49-33-18-23-42-22-10-11-28-47(42)49)34-19-37-60(61)65-62(55)54-32-13-12-31-52(54)59/h1-41H. The maximum Gasteiger partial charge on any atom is 0.143 e. The second kappa shape index (κ2) is 14.8. The van der Waals surface area contributed by atoms with E-state index in [0.29, 0.717) is 0 Å². The molecule has 0 unspecified atom stereocenters. The molecule has 1 heterocycles. The summed E-state index contributed by atoms with van der Waals surface area (Å²) in [5.74, 6) is 0. The van der Waals surface area contributed by atoms with Gasteiger partial charge in [0.05, 0.1) is 16.8 Å². The summed E-state index contributed by atoms with van der Waals surface area (Å²) in [4.78, 5) is 2.51. The molecule has 0 spiro atoms. The summed E-state index contributed by atoms with van der Waals surface area (Å²) >= 11 is 0. The molecular weight excluding hydrogens is 787 g/mol. The third-order valence-corrected chi connectivity index (χ3v) is 13.7. The molecule has 65 heavy (non-hydrogen) atoms. The molecule has 13 rings (SSSR count). The molecule has 0 aliphatic heterocycles. The van der Waals surface area contributed by atoms with Gasteiger partial charge >= 0.3 is 0 Å². The molecule has 0 bridgehead atoms. The number of rotatable bonds is 7. The van der Waals surface area contributed by atoms with Gasteiger partial charge in [0.1, 0.15) is 11.2 Å². The van der Waals surface area contributed by atoms with Gasteiger partial charge in [-0.25, -0.2) is 0 Å². The molecule has 0 saturated heterocycles. The highest BCUT2D eigenvalue weighted by Gasteiger charge is 2.46. The van der Waals surface area contributed by atoms with Crippen molar-refractivity contribution in [2.45, 2.75) is 5.41 Å². The van der Waals surface area contributed by atoms with E-state index in [1.165, 1.54) is 49.7 Å². The van der Waals surface area contributed by atoms with Crippen LogP contribution in [0.3, 0.4) is 0 Å². The van der Waals surface area contributed by atoms with Crippen LogP contribution < -0.4 is 4.90 Å². The topological polar surface area (TPSA) is 16.4 Å². The summed E-state index contributed by atoms with van der Waals surface area (Å²) in [7, 11) is 0. The number of benzene rings is 11. The zero-order valence-electron chi connectivity index (χ0n) is 35.5. The first-order valence-electron chi connectivity index (χ1n) is 22.4. The highest BCUT2D eigenvalue weighted by molar-refractivity contribution is 6.23. The van der Waals surface area contributed by atoms with E-state index in [4.69, 9.17) is 4.42 Å². The van der Waals surface area contributed by atoms with Crippen molar-refractivity contribution in [1.82, 2.24) is 0 Å². The Hall–Kier alpha value is -8.46. The van der Waals surface area contributed by atoms with Crippen molar-refractivity contribution in [2.75, 3.05) is 4.90 Å². The van der Waals surface area contributed by atoms with Gasteiger partial charge in [0, 0.05) is 32.8 Å². The Bertz CT molecular complexity index is 3730. The summed E-state index contributed by atoms with van der Waals surface area (Å²) in [5.41, 5.74) is 16.6. The fourth-order valence-corrected chi connectivity index (χ4v) is 11.0. The second-order valence-electron chi connectivity index (χ2n) is 17.1. The van der Waals surface area contributed by atoms with E-state index in [9.17, 15) is 0 Å². The number of hydrogen-bond donors (Lipinski definition) is 0. The van der Waals surface area contributed by atoms with Crippen molar-refractivity contribution >= 4 is 60.5 Å². The van der Waals surface area contributed by atoms with Crippen molar-refractivity contribution in [3.8, 4) is 33.4 Å². The molecule has 0 atom stereocenters. The predicted octanol–water partition coefficient (Wildman–Crippen LogP) is 17.1. The highest BCUT2D eigenvalue weighted by Crippen LogP contribution is 2.58. The van der Waals surface area contributed by atoms with Gasteiger partial charge in [-0.2, -0.15) is 0 Å². The van der Waals surface area contributed by atoms with E-state index in [2.05, 4.69) is 254 Å². The van der Waals surface area contributed by atoms with Crippen molar-refractivity contribution in [1.29, 1.82) is 0 Å². The average Bonchev–Trinajstić information content (AvgIpc) is 3.91. The van der Waals surface area contributed by atoms with Crippen LogP contribution in [0, 0.1) is 0 Å². The van der Waals surface area contributed by atoms with E-state index < -0.39 is 5.41 Å². The smallest absolute Gasteiger partial charge is 0.143 e. The Labute approximate surface area is 377 Å². The molecule has 2 heteroatoms. The van der Waals surface area contributed by atoms with Crippen LogP contribution in [-0.2, 0) is 5.41 Å². The highest BCUT2D eigenvalue weighted by atomic mass is 16.3. The van der Waals surface area contributed by atoms with Gasteiger partial charge in [0.2, 0.25) is 0 Å². The molecule has 0 radical (unpaired) electrons. The number of nitrogens with zero attached hydrogens (tertiary/aromatic N) is 1. The zero-order valence-corrected chi connectivity index (χ0v) is 35.5. The Morgan fingerprint density at radius 1 is 0.338 bits per heavy atom. The van der Waals surface area contributed by atoms with Gasteiger partial charge in [0.25, 0.3) is 0 Å². The number of anilines is 3. The van der Waals surface area contributed by atoms with E-state index in [0.717, 1.165) is 66.5 Å². The molecule has 2 nitrogen and oxygen atoms in total. The lowest BCUT2D eigenvalue weighted by atomic mass is 9.67. The quantitative estimate of drug-likeness (QED) is 0.159. The lowest BCUT2D eigenvalue weighted by Crippen LogP contribution is -2.28. The Morgan fingerprint density at radius 2 is 0.908 bits per heavy atom. The third-order valence-electron chi connectivity index (χ3n) is 13.7. The van der Waals surface area contributed by atoms with Crippen LogP contribution >= 0.6 is 0 Å². The Kier molecular flexibility index (Phi) is 8.47. The molecule has 0 saturated carbocycles. The van der Waals surface area contributed by atoms with E-state index >= 15 is 0 Å². The lowest BCUT2D eigenvalue weighted by molar-refractivity contribution is 0.673. The van der Waals surface area contributed by atoms with Gasteiger partial charge in [-0.1, -0.05) is 218 Å². The molecule has 1 aliphatic rings. The van der Waals surface area contributed by atoms with Gasteiger partial charge in [0.15, 0.2) is 0 Å². The van der Waals surface area contributed by atoms with Crippen molar-refractivity contribution in [3.63, 3.8) is 0 Å². The average molecular weight is 828 g/mol. The van der Waals surface area contributed by atoms with Crippen molar-refractivity contribution in [2.24, 2.45) is 0 Å². The summed E-state index contributed by atoms with van der Waals surface area (Å²) in [6, 6.07) is 90.9. The zero-order chi connectivity index (χ0) is 42.9. The third kappa shape index (κ3) is 5.60. The van der Waals surface area contributed by atoms with Gasteiger partial charge < -0.3 is 9.32 Å². The summed E-state index contributed by atoms with van der Waals surface area (Å²) in [6.07, 6.45) is 0. The predicted molar refractivity (Wildman–Crippen MR) is 272 cm³/mol. The molecule has 11 aromatic carbocycles. The van der Waals surface area contributed by atoms with Gasteiger partial charge in [-0.15, -0.1) is 0 Å². The minimum atomic E-state index is -0.560. The molecule has 304 valence electrons. The maximum atomic E-state index is 6.98. The molecule has 0 fully saturated rings. The van der Waals surface area contributed by atoms with E-state index in [1.54, 1.807) is 0 Å². The van der Waals surface area contributed by atoms with Crippen LogP contribution in [-0.4, -0.2) is 0 Å². The molecule has 12 aromatic rings. The minimum Gasteiger partial charge on any atom is -0.455 e. The Morgan fingerprint density at radius 3 is 1.69 bits per heavy atom. The first-order chi connectivity index (χ1) is 32.3. The van der Waals surface area contributed by atoms with Crippen LogP contribution in [0.1, 0.15) is 22.3 Å². The molecule has 1 aromatic heterocycles. The molecular formula is C63H41NO. The normalized spacial score (nSPS) is 12.7. The number of para-hydroxylation sites is 1. The molecule has 1 aliphatic carbocycles. The van der Waals surface area contributed by atoms with Gasteiger partial charge in [-0.3, -0.25) is 0 Å². The van der Waals surface area contributed by atoms with Crippen molar-refractivity contribution in [3.05, 3.63) is 271 Å². The first-order valence-corrected chi connectivity index (χ1v) is 22.4. The second-order valence-corrected chi connectivity index (χ2v) is 17.1. The maximum absolute atomic E-state index is 6.98. The largest absolute Gasteiger partial charge is 0.455 e. The first kappa shape index (κ1) is 37.1. The molecule has 0 N–H and O–H groups in total. The van der Waals surface area contributed by atoms with Crippen LogP contribution in [0.4, 0.5) is 17.1 Å². The Balaban J connectivity index is 1.15. The lowest BCUT2D eigenvalue weighted by Gasteiger charge is -2.35. The van der Waals surface area contributed by atoms with Crippen LogP contribution in [0.5, 0.6) is 0 Å². The summed E-state index contributed by atoms with van der Waals surface area (Å²) < 4.78 is 6.98. The van der Waals surface area contributed by atoms with Crippen LogP contribution in [0.2, 0.25) is 0 Å². The van der Waals surface area contributed by atoms with Crippen LogP contribution in [0.25, 0.3) is 76.9 Å². The fourth-order valence-electron chi connectivity index (χ4n) is 11.0. The fraction of sp³-hybridized carbons (Fsp3) is 0.0159. The summed E-state index contributed by atoms with van der Waals surface area (Å²) in [5, 5.41) is 6.80. The van der Waals surface area contributed by atoms with E-state index in [-0.39, 0.29) is 0 Å². The minimum absolute atomic E-state index is 0.560. The monoisotopic (exact) mass is 827 g/mol. The van der Waals surface area contributed by atoms with Gasteiger partial charge in [-0.05, 0) is 91.2 Å². The SMILES string of the molecule is c1ccc(-c2ccccc2N(c2ccc3c(c2)C(c2ccccc2)(c2ccccc2)c2ccccc2-3)c2cc3c(oc4cccc(-c5cccc6ccccc56)c43)c3ccccc23)cc1. The number of furan rings is 1. The van der Waals surface area contributed by atoms with E-state index in [1.807, 2.05) is 0 Å². The van der Waals surface area contributed by atoms with Crippen molar-refractivity contribution < 1.29 is 4.42 Å². The molecule has 0 amide bonds. The van der Waals surface area contributed by atoms with Crippen LogP contribution in [0.15, 0.2) is 253 Å². The summed E-state index contributed by atoms with van der Waals surface area (Å²) in [6.45, 7) is 0. The number of hydrogen-bond acceptors (Lipinski definition) is 2. The number of fused-ring (bicyclic) bond motifs is 9.